The average Bonchev–Trinajstić information content (AvgIpc) is 2.92. The molecule has 0 amide bonds. The highest BCUT2D eigenvalue weighted by molar-refractivity contribution is 7.18. The molecule has 4 aliphatic rings. The SMILES string of the molecule is Cc1nc2cc(NC(C)C(=O)C34CC5CC(CC(C5)C3)C4)ccc2s1. The molecule has 132 valence electrons. The Bertz CT molecular complexity index is 804. The van der Waals surface area contributed by atoms with E-state index in [0.717, 1.165) is 53.2 Å². The first-order valence-electron chi connectivity index (χ1n) is 9.69. The van der Waals surface area contributed by atoms with Crippen molar-refractivity contribution >= 4 is 33.0 Å². The number of hydrogen-bond donors (Lipinski definition) is 1. The van der Waals surface area contributed by atoms with Gasteiger partial charge in [-0.1, -0.05) is 0 Å². The molecule has 4 heteroatoms. The standard InChI is InChI=1S/C21H26N2OS/c1-12(22-17-3-4-19-18(8-17)23-13(2)25-19)20(24)21-9-14-5-15(10-21)7-16(6-14)11-21/h3-4,8,12,14-16,22H,5-7,9-11H2,1-2H3. The summed E-state index contributed by atoms with van der Waals surface area (Å²) in [5.74, 6) is 2.91. The minimum absolute atomic E-state index is 0.0253. The molecule has 0 radical (unpaired) electrons. The molecule has 4 aliphatic carbocycles. The zero-order chi connectivity index (χ0) is 17.2. The van der Waals surface area contributed by atoms with E-state index in [2.05, 4.69) is 35.4 Å². The molecule has 4 fully saturated rings. The van der Waals surface area contributed by atoms with Crippen molar-refractivity contribution in [1.29, 1.82) is 0 Å². The van der Waals surface area contributed by atoms with Crippen molar-refractivity contribution < 1.29 is 4.79 Å². The fourth-order valence-electron chi connectivity index (χ4n) is 6.32. The molecule has 1 aromatic carbocycles. The number of carbonyl (C=O) groups is 1. The Morgan fingerprint density at radius 3 is 2.48 bits per heavy atom. The summed E-state index contributed by atoms with van der Waals surface area (Å²) in [6.45, 7) is 4.09. The average molecular weight is 355 g/mol. The highest BCUT2D eigenvalue weighted by Gasteiger charge is 2.55. The maximum absolute atomic E-state index is 13.4. The largest absolute Gasteiger partial charge is 0.375 e. The normalized spacial score (nSPS) is 34.4. The summed E-state index contributed by atoms with van der Waals surface area (Å²) < 4.78 is 1.21. The van der Waals surface area contributed by atoms with Crippen molar-refractivity contribution in [2.45, 2.75) is 58.4 Å². The number of hydrogen-bond acceptors (Lipinski definition) is 4. The molecule has 25 heavy (non-hydrogen) atoms. The van der Waals surface area contributed by atoms with Crippen LogP contribution in [-0.2, 0) is 4.79 Å². The van der Waals surface area contributed by atoms with E-state index in [-0.39, 0.29) is 11.5 Å². The summed E-state index contributed by atoms with van der Waals surface area (Å²) in [6, 6.07) is 6.17. The molecule has 1 aromatic heterocycles. The smallest absolute Gasteiger partial charge is 0.160 e. The number of Topliss-reactive ketones (excluding diaryl/α,β-unsaturated/α-hetero) is 1. The fraction of sp³-hybridized carbons (Fsp3) is 0.619. The van der Waals surface area contributed by atoms with Crippen LogP contribution >= 0.6 is 11.3 Å². The van der Waals surface area contributed by atoms with Gasteiger partial charge < -0.3 is 5.32 Å². The van der Waals surface area contributed by atoms with Gasteiger partial charge >= 0.3 is 0 Å². The van der Waals surface area contributed by atoms with Crippen LogP contribution in [0.15, 0.2) is 18.2 Å². The number of rotatable bonds is 4. The van der Waals surface area contributed by atoms with E-state index in [9.17, 15) is 4.79 Å². The molecule has 0 aliphatic heterocycles. The van der Waals surface area contributed by atoms with Gasteiger partial charge in [0.25, 0.3) is 0 Å². The van der Waals surface area contributed by atoms with E-state index < -0.39 is 0 Å². The quantitative estimate of drug-likeness (QED) is 0.821. The Hall–Kier alpha value is -1.42. The van der Waals surface area contributed by atoms with Gasteiger partial charge in [-0.2, -0.15) is 0 Å². The van der Waals surface area contributed by atoms with E-state index in [4.69, 9.17) is 0 Å². The van der Waals surface area contributed by atoms with Gasteiger partial charge in [0.1, 0.15) is 0 Å². The van der Waals surface area contributed by atoms with Crippen molar-refractivity contribution in [2.75, 3.05) is 5.32 Å². The number of nitrogens with one attached hydrogen (secondary N) is 1. The number of ketones is 1. The van der Waals surface area contributed by atoms with Crippen LogP contribution in [0.4, 0.5) is 5.69 Å². The van der Waals surface area contributed by atoms with E-state index in [1.807, 2.05) is 6.92 Å². The van der Waals surface area contributed by atoms with Crippen LogP contribution in [0, 0.1) is 30.1 Å². The summed E-state index contributed by atoms with van der Waals surface area (Å²) in [4.78, 5) is 18.0. The molecular formula is C21H26N2OS. The van der Waals surface area contributed by atoms with Crippen LogP contribution in [0.2, 0.25) is 0 Å². The lowest BCUT2D eigenvalue weighted by atomic mass is 9.48. The summed E-state index contributed by atoms with van der Waals surface area (Å²) in [5, 5.41) is 4.57. The second-order valence-corrected chi connectivity index (χ2v) is 10.1. The molecule has 0 saturated heterocycles. The number of carbonyl (C=O) groups excluding carboxylic acids is 1. The molecule has 1 atom stereocenters. The minimum atomic E-state index is -0.117. The number of anilines is 1. The predicted molar refractivity (Wildman–Crippen MR) is 103 cm³/mol. The number of nitrogens with zero attached hydrogens (tertiary/aromatic N) is 1. The summed E-state index contributed by atoms with van der Waals surface area (Å²) in [7, 11) is 0. The Morgan fingerprint density at radius 1 is 1.20 bits per heavy atom. The summed E-state index contributed by atoms with van der Waals surface area (Å²) in [6.07, 6.45) is 7.59. The fourth-order valence-corrected chi connectivity index (χ4v) is 7.13. The Kier molecular flexibility index (Phi) is 3.50. The molecule has 1 N–H and O–H groups in total. The first kappa shape index (κ1) is 15.8. The number of aromatic nitrogens is 1. The van der Waals surface area contributed by atoms with Gasteiger partial charge in [0, 0.05) is 11.1 Å². The van der Waals surface area contributed by atoms with Gasteiger partial charge in [-0.15, -0.1) is 11.3 Å². The minimum Gasteiger partial charge on any atom is -0.375 e. The van der Waals surface area contributed by atoms with E-state index in [0.29, 0.717) is 5.78 Å². The van der Waals surface area contributed by atoms with Crippen LogP contribution < -0.4 is 5.32 Å². The second-order valence-electron chi connectivity index (χ2n) is 8.84. The zero-order valence-electron chi connectivity index (χ0n) is 15.0. The molecule has 1 heterocycles. The first-order chi connectivity index (χ1) is 12.0. The van der Waals surface area contributed by atoms with Gasteiger partial charge in [-0.25, -0.2) is 4.98 Å². The van der Waals surface area contributed by atoms with E-state index >= 15 is 0 Å². The third-order valence-corrected chi connectivity index (χ3v) is 7.78. The lowest BCUT2D eigenvalue weighted by Gasteiger charge is -2.56. The number of thiazole rings is 1. The Balaban J connectivity index is 1.36. The van der Waals surface area contributed by atoms with Crippen LogP contribution in [0.25, 0.3) is 10.2 Å². The third-order valence-electron chi connectivity index (χ3n) is 6.83. The topological polar surface area (TPSA) is 42.0 Å². The number of fused-ring (bicyclic) bond motifs is 1. The maximum Gasteiger partial charge on any atom is 0.160 e. The molecule has 1 unspecified atom stereocenters. The monoisotopic (exact) mass is 354 g/mol. The molecule has 4 saturated carbocycles. The molecule has 4 bridgehead atoms. The van der Waals surface area contributed by atoms with Gasteiger partial charge in [-0.05, 0) is 88.3 Å². The van der Waals surface area contributed by atoms with Crippen molar-refractivity contribution in [3.63, 3.8) is 0 Å². The highest BCUT2D eigenvalue weighted by Crippen LogP contribution is 2.60. The molecule has 3 nitrogen and oxygen atoms in total. The van der Waals surface area contributed by atoms with Gasteiger partial charge in [0.15, 0.2) is 5.78 Å². The lowest BCUT2D eigenvalue weighted by Crippen LogP contribution is -2.53. The van der Waals surface area contributed by atoms with Crippen LogP contribution in [-0.4, -0.2) is 16.8 Å². The van der Waals surface area contributed by atoms with Gasteiger partial charge in [0.05, 0.1) is 21.3 Å². The van der Waals surface area contributed by atoms with Crippen molar-refractivity contribution in [2.24, 2.45) is 23.2 Å². The zero-order valence-corrected chi connectivity index (χ0v) is 15.9. The molecular weight excluding hydrogens is 328 g/mol. The van der Waals surface area contributed by atoms with Gasteiger partial charge in [0.2, 0.25) is 0 Å². The first-order valence-corrected chi connectivity index (χ1v) is 10.5. The Morgan fingerprint density at radius 2 is 1.84 bits per heavy atom. The molecule has 2 aromatic rings. The number of benzene rings is 1. The van der Waals surface area contributed by atoms with Crippen molar-refractivity contribution in [3.8, 4) is 0 Å². The second kappa shape index (κ2) is 5.54. The summed E-state index contributed by atoms with van der Waals surface area (Å²) in [5.41, 5.74) is 2.02. The van der Waals surface area contributed by atoms with Gasteiger partial charge in [-0.3, -0.25) is 4.79 Å². The van der Waals surface area contributed by atoms with Crippen LogP contribution in [0.5, 0.6) is 0 Å². The van der Waals surface area contributed by atoms with E-state index in [1.54, 1.807) is 11.3 Å². The van der Waals surface area contributed by atoms with Crippen LogP contribution in [0.1, 0.15) is 50.5 Å². The summed E-state index contributed by atoms with van der Waals surface area (Å²) >= 11 is 1.72. The Labute approximate surface area is 153 Å². The van der Waals surface area contributed by atoms with Crippen molar-refractivity contribution in [3.05, 3.63) is 23.2 Å². The third kappa shape index (κ3) is 2.61. The molecule has 0 spiro atoms. The van der Waals surface area contributed by atoms with E-state index in [1.165, 1.54) is 24.0 Å². The lowest BCUT2D eigenvalue weighted by molar-refractivity contribution is -0.144. The molecule has 6 rings (SSSR count). The number of aryl methyl sites for hydroxylation is 1. The van der Waals surface area contributed by atoms with Crippen molar-refractivity contribution in [1.82, 2.24) is 4.98 Å². The van der Waals surface area contributed by atoms with Crippen LogP contribution in [0.3, 0.4) is 0 Å². The maximum atomic E-state index is 13.4. The predicted octanol–water partition coefficient (Wildman–Crippen LogP) is 5.19. The highest BCUT2D eigenvalue weighted by atomic mass is 32.1.